The molecule has 2 aromatic carbocycles. The molecule has 0 radical (unpaired) electrons. The van der Waals surface area contributed by atoms with Crippen LogP contribution in [0.3, 0.4) is 0 Å². The summed E-state index contributed by atoms with van der Waals surface area (Å²) in [6.07, 6.45) is 2.10. The van der Waals surface area contributed by atoms with E-state index in [1.54, 1.807) is 18.2 Å². The minimum Gasteiger partial charge on any atom is -0.324 e. The molecule has 0 spiro atoms. The standard InChI is InChI=1S/C24H21Cl2N3O/c1-14-9-10-29-20(13-22(30)27-19-6-4-5-18(25)23(19)26)24(28-21(29)11-14)17-8-7-15(2)16(3)12-17/h4-12H,13H2,1-3H3,(H,27,30). The van der Waals surface area contributed by atoms with Crippen LogP contribution in [0.2, 0.25) is 10.0 Å². The maximum atomic E-state index is 12.9. The van der Waals surface area contributed by atoms with Crippen LogP contribution in [0.15, 0.2) is 54.7 Å². The molecule has 152 valence electrons. The van der Waals surface area contributed by atoms with Crippen molar-refractivity contribution in [1.29, 1.82) is 0 Å². The molecule has 0 atom stereocenters. The van der Waals surface area contributed by atoms with E-state index in [4.69, 9.17) is 28.2 Å². The molecule has 0 saturated heterocycles. The fraction of sp³-hybridized carbons (Fsp3) is 0.167. The van der Waals surface area contributed by atoms with Gasteiger partial charge in [0.15, 0.2) is 0 Å². The first-order chi connectivity index (χ1) is 14.3. The Hall–Kier alpha value is -2.82. The second-order valence-corrected chi connectivity index (χ2v) is 8.25. The predicted octanol–water partition coefficient (Wildman–Crippen LogP) is 6.41. The second kappa shape index (κ2) is 8.13. The van der Waals surface area contributed by atoms with E-state index in [1.165, 1.54) is 11.1 Å². The van der Waals surface area contributed by atoms with E-state index in [0.717, 1.165) is 28.2 Å². The van der Waals surface area contributed by atoms with Gasteiger partial charge in [-0.3, -0.25) is 4.79 Å². The summed E-state index contributed by atoms with van der Waals surface area (Å²) in [6, 6.07) is 15.4. The number of nitrogens with one attached hydrogen (secondary N) is 1. The number of halogens is 2. The normalized spacial score (nSPS) is 11.1. The van der Waals surface area contributed by atoms with Gasteiger partial charge in [0.25, 0.3) is 0 Å². The van der Waals surface area contributed by atoms with Gasteiger partial charge in [0.1, 0.15) is 5.65 Å². The van der Waals surface area contributed by atoms with Gasteiger partial charge in [-0.2, -0.15) is 0 Å². The minimum absolute atomic E-state index is 0.148. The Labute approximate surface area is 185 Å². The molecule has 0 bridgehead atoms. The molecule has 1 N–H and O–H groups in total. The van der Waals surface area contributed by atoms with E-state index in [1.807, 2.05) is 35.7 Å². The van der Waals surface area contributed by atoms with Crippen molar-refractivity contribution in [3.63, 3.8) is 0 Å². The van der Waals surface area contributed by atoms with Gasteiger partial charge < -0.3 is 9.72 Å². The number of pyridine rings is 1. The van der Waals surface area contributed by atoms with Crippen molar-refractivity contribution in [3.8, 4) is 11.3 Å². The highest BCUT2D eigenvalue weighted by Gasteiger charge is 2.18. The third-order valence-electron chi connectivity index (χ3n) is 5.21. The molecule has 4 nitrogen and oxygen atoms in total. The van der Waals surface area contributed by atoms with Crippen molar-refractivity contribution in [1.82, 2.24) is 9.38 Å². The van der Waals surface area contributed by atoms with Crippen LogP contribution in [0.5, 0.6) is 0 Å². The lowest BCUT2D eigenvalue weighted by Gasteiger charge is -2.10. The third-order valence-corrected chi connectivity index (χ3v) is 6.03. The number of rotatable bonds is 4. The van der Waals surface area contributed by atoms with Gasteiger partial charge in [-0.05, 0) is 67.8 Å². The number of aromatic nitrogens is 2. The van der Waals surface area contributed by atoms with Crippen LogP contribution in [0.4, 0.5) is 5.69 Å². The van der Waals surface area contributed by atoms with Crippen molar-refractivity contribution < 1.29 is 4.79 Å². The van der Waals surface area contributed by atoms with Gasteiger partial charge in [0, 0.05) is 11.8 Å². The van der Waals surface area contributed by atoms with E-state index >= 15 is 0 Å². The first-order valence-electron chi connectivity index (χ1n) is 9.62. The first kappa shape index (κ1) is 20.5. The molecule has 1 amide bonds. The van der Waals surface area contributed by atoms with Crippen LogP contribution < -0.4 is 5.32 Å². The van der Waals surface area contributed by atoms with Crippen LogP contribution in [0.25, 0.3) is 16.9 Å². The molecule has 6 heteroatoms. The second-order valence-electron chi connectivity index (χ2n) is 7.46. The van der Waals surface area contributed by atoms with Gasteiger partial charge in [0.2, 0.25) is 5.91 Å². The smallest absolute Gasteiger partial charge is 0.230 e. The van der Waals surface area contributed by atoms with Crippen LogP contribution in [-0.4, -0.2) is 15.3 Å². The van der Waals surface area contributed by atoms with Gasteiger partial charge in [0.05, 0.1) is 33.5 Å². The molecule has 4 aromatic rings. The number of nitrogens with zero attached hydrogens (tertiary/aromatic N) is 2. The van der Waals surface area contributed by atoms with E-state index in [0.29, 0.717) is 15.7 Å². The third kappa shape index (κ3) is 3.93. The monoisotopic (exact) mass is 437 g/mol. The van der Waals surface area contributed by atoms with Crippen molar-refractivity contribution in [2.24, 2.45) is 0 Å². The molecule has 0 aliphatic carbocycles. The largest absolute Gasteiger partial charge is 0.324 e. The molecular formula is C24H21Cl2N3O. The highest BCUT2D eigenvalue weighted by Crippen LogP contribution is 2.31. The van der Waals surface area contributed by atoms with Crippen molar-refractivity contribution >= 4 is 40.4 Å². The molecule has 30 heavy (non-hydrogen) atoms. The summed E-state index contributed by atoms with van der Waals surface area (Å²) in [5.41, 5.74) is 7.43. The summed E-state index contributed by atoms with van der Waals surface area (Å²) < 4.78 is 1.97. The maximum Gasteiger partial charge on any atom is 0.230 e. The number of anilines is 1. The van der Waals surface area contributed by atoms with Gasteiger partial charge in [-0.25, -0.2) is 4.98 Å². The Bertz CT molecular complexity index is 1280. The topological polar surface area (TPSA) is 46.4 Å². The first-order valence-corrected chi connectivity index (χ1v) is 10.4. The molecule has 2 heterocycles. The zero-order valence-corrected chi connectivity index (χ0v) is 18.5. The highest BCUT2D eigenvalue weighted by atomic mass is 35.5. The number of hydrogen-bond donors (Lipinski definition) is 1. The van der Waals surface area contributed by atoms with Crippen LogP contribution in [0.1, 0.15) is 22.4 Å². The van der Waals surface area contributed by atoms with Crippen LogP contribution in [0, 0.1) is 20.8 Å². The lowest BCUT2D eigenvalue weighted by molar-refractivity contribution is -0.115. The Morgan fingerprint density at radius 3 is 2.60 bits per heavy atom. The van der Waals surface area contributed by atoms with Crippen molar-refractivity contribution in [2.45, 2.75) is 27.2 Å². The van der Waals surface area contributed by atoms with E-state index < -0.39 is 0 Å². The lowest BCUT2D eigenvalue weighted by atomic mass is 10.0. The molecule has 4 rings (SSSR count). The molecule has 2 aromatic heterocycles. The van der Waals surface area contributed by atoms with E-state index in [2.05, 4.69) is 31.3 Å². The number of carbonyl (C=O) groups excluding carboxylic acids is 1. The summed E-state index contributed by atoms with van der Waals surface area (Å²) in [5.74, 6) is -0.188. The van der Waals surface area contributed by atoms with Crippen LogP contribution >= 0.6 is 23.2 Å². The average molecular weight is 438 g/mol. The Balaban J connectivity index is 1.75. The molecule has 0 saturated carbocycles. The molecule has 0 aliphatic rings. The number of amides is 1. The quantitative estimate of drug-likeness (QED) is 0.400. The van der Waals surface area contributed by atoms with E-state index in [9.17, 15) is 4.79 Å². The maximum absolute atomic E-state index is 12.9. The highest BCUT2D eigenvalue weighted by molar-refractivity contribution is 6.44. The zero-order valence-electron chi connectivity index (χ0n) is 17.0. The summed E-state index contributed by atoms with van der Waals surface area (Å²) in [6.45, 7) is 6.18. The minimum atomic E-state index is -0.188. The fourth-order valence-corrected chi connectivity index (χ4v) is 3.78. The summed E-state index contributed by atoms with van der Waals surface area (Å²) in [4.78, 5) is 17.7. The van der Waals surface area contributed by atoms with Gasteiger partial charge in [-0.15, -0.1) is 0 Å². The van der Waals surface area contributed by atoms with Gasteiger partial charge in [-0.1, -0.05) is 41.4 Å². The number of carbonyl (C=O) groups is 1. The zero-order chi connectivity index (χ0) is 21.4. The molecule has 0 unspecified atom stereocenters. The van der Waals surface area contributed by atoms with Crippen LogP contribution in [-0.2, 0) is 11.2 Å². The van der Waals surface area contributed by atoms with Gasteiger partial charge >= 0.3 is 0 Å². The lowest BCUT2D eigenvalue weighted by Crippen LogP contribution is -2.16. The number of imidazole rings is 1. The van der Waals surface area contributed by atoms with Crippen molar-refractivity contribution in [3.05, 3.63) is 87.2 Å². The molecular weight excluding hydrogens is 417 g/mol. The number of benzene rings is 2. The Kier molecular flexibility index (Phi) is 5.54. The number of hydrogen-bond acceptors (Lipinski definition) is 2. The average Bonchev–Trinajstić information content (AvgIpc) is 3.05. The summed E-state index contributed by atoms with van der Waals surface area (Å²) in [7, 11) is 0. The Morgan fingerprint density at radius 2 is 1.83 bits per heavy atom. The number of aryl methyl sites for hydroxylation is 3. The SMILES string of the molecule is Cc1ccn2c(CC(=O)Nc3cccc(Cl)c3Cl)c(-c3ccc(C)c(C)c3)nc2c1. The molecule has 0 aliphatic heterocycles. The summed E-state index contributed by atoms with van der Waals surface area (Å²) in [5, 5.41) is 3.60. The number of fused-ring (bicyclic) bond motifs is 1. The summed E-state index contributed by atoms with van der Waals surface area (Å²) >= 11 is 12.3. The fourth-order valence-electron chi connectivity index (χ4n) is 3.43. The van der Waals surface area contributed by atoms with E-state index in [-0.39, 0.29) is 12.3 Å². The predicted molar refractivity (Wildman–Crippen MR) is 124 cm³/mol. The van der Waals surface area contributed by atoms with Crippen molar-refractivity contribution in [2.75, 3.05) is 5.32 Å². The Morgan fingerprint density at radius 1 is 1.03 bits per heavy atom. The molecule has 0 fully saturated rings.